The minimum Gasteiger partial charge on any atom is -0.353 e. The number of piperazine rings is 1. The van der Waals surface area contributed by atoms with Crippen molar-refractivity contribution in [3.63, 3.8) is 0 Å². The third-order valence-electron chi connectivity index (χ3n) is 3.62. The molecule has 1 fully saturated rings. The molecule has 21 heavy (non-hydrogen) atoms. The van der Waals surface area contributed by atoms with Crippen molar-refractivity contribution in [2.45, 2.75) is 26.4 Å². The third-order valence-corrected chi connectivity index (χ3v) is 3.62. The molecule has 0 spiro atoms. The summed E-state index contributed by atoms with van der Waals surface area (Å²) in [4.78, 5) is 18.4. The fraction of sp³-hybridized carbons (Fsp3) is 0.467. The summed E-state index contributed by atoms with van der Waals surface area (Å²) >= 11 is 0. The second-order valence-electron chi connectivity index (χ2n) is 5.62. The lowest BCUT2D eigenvalue weighted by molar-refractivity contribution is -0.120. The summed E-state index contributed by atoms with van der Waals surface area (Å²) in [6.07, 6.45) is 2.02. The smallest absolute Gasteiger partial charge is 0.239 e. The lowest BCUT2D eigenvalue weighted by atomic mass is 10.3. The highest BCUT2D eigenvalue weighted by Crippen LogP contribution is 2.22. The molecular weight excluding hydrogens is 266 g/mol. The molecule has 1 aliphatic heterocycles. The number of anilines is 1. The molecule has 3 rings (SSSR count). The van der Waals surface area contributed by atoms with Crippen molar-refractivity contribution in [3.8, 4) is 0 Å². The van der Waals surface area contributed by atoms with Crippen molar-refractivity contribution in [3.05, 3.63) is 30.1 Å². The maximum Gasteiger partial charge on any atom is 0.239 e. The lowest BCUT2D eigenvalue weighted by Gasteiger charge is -2.27. The van der Waals surface area contributed by atoms with Gasteiger partial charge in [-0.3, -0.25) is 4.79 Å². The van der Waals surface area contributed by atoms with Gasteiger partial charge >= 0.3 is 0 Å². The minimum atomic E-state index is 0.0566. The molecule has 0 aliphatic carbocycles. The van der Waals surface area contributed by atoms with Gasteiger partial charge in [-0.2, -0.15) is 0 Å². The predicted octanol–water partition coefficient (Wildman–Crippen LogP) is 0.768. The largest absolute Gasteiger partial charge is 0.353 e. The first-order valence-electron chi connectivity index (χ1n) is 7.36. The highest BCUT2D eigenvalue weighted by atomic mass is 16.2. The predicted molar refractivity (Wildman–Crippen MR) is 82.4 cm³/mol. The van der Waals surface area contributed by atoms with E-state index in [1.807, 2.05) is 24.4 Å². The van der Waals surface area contributed by atoms with Crippen LogP contribution >= 0.6 is 0 Å². The summed E-state index contributed by atoms with van der Waals surface area (Å²) in [7, 11) is 0. The van der Waals surface area contributed by atoms with Crippen LogP contribution in [0.25, 0.3) is 5.65 Å². The number of imidazole rings is 1. The average Bonchev–Trinajstić information content (AvgIpc) is 2.84. The number of aromatic nitrogens is 2. The first-order chi connectivity index (χ1) is 10.1. The van der Waals surface area contributed by atoms with E-state index in [2.05, 4.69) is 33.8 Å². The molecule has 0 bridgehead atoms. The van der Waals surface area contributed by atoms with Crippen LogP contribution in [0.3, 0.4) is 0 Å². The molecule has 1 amide bonds. The standard InChI is InChI=1S/C15H21N5O/c1-11(2)17-9-12-15(19-8-6-16-14(21)10-19)18-13-5-3-4-7-20(12)13/h3-5,7,11,17H,6,8-10H2,1-2H3,(H,16,21). The number of carbonyl (C=O) groups excluding carboxylic acids is 1. The van der Waals surface area contributed by atoms with Crippen LogP contribution in [0.1, 0.15) is 19.5 Å². The summed E-state index contributed by atoms with van der Waals surface area (Å²) < 4.78 is 2.09. The minimum absolute atomic E-state index is 0.0566. The van der Waals surface area contributed by atoms with E-state index >= 15 is 0 Å². The van der Waals surface area contributed by atoms with E-state index in [9.17, 15) is 4.79 Å². The first kappa shape index (κ1) is 13.9. The molecule has 6 heteroatoms. The zero-order chi connectivity index (χ0) is 14.8. The molecule has 1 aliphatic rings. The Kier molecular flexibility index (Phi) is 3.79. The van der Waals surface area contributed by atoms with Crippen molar-refractivity contribution in [1.29, 1.82) is 0 Å². The van der Waals surface area contributed by atoms with Crippen LogP contribution in [0.5, 0.6) is 0 Å². The molecule has 0 atom stereocenters. The number of pyridine rings is 1. The zero-order valence-electron chi connectivity index (χ0n) is 12.5. The lowest BCUT2D eigenvalue weighted by Crippen LogP contribution is -2.48. The molecular formula is C15H21N5O. The number of carbonyl (C=O) groups is 1. The van der Waals surface area contributed by atoms with E-state index in [-0.39, 0.29) is 5.91 Å². The van der Waals surface area contributed by atoms with Gasteiger partial charge in [0.2, 0.25) is 5.91 Å². The number of nitrogens with one attached hydrogen (secondary N) is 2. The van der Waals surface area contributed by atoms with Crippen LogP contribution in [0.15, 0.2) is 24.4 Å². The van der Waals surface area contributed by atoms with Crippen LogP contribution in [-0.4, -0.2) is 41.0 Å². The monoisotopic (exact) mass is 287 g/mol. The van der Waals surface area contributed by atoms with Gasteiger partial charge in [0.15, 0.2) is 5.82 Å². The molecule has 1 saturated heterocycles. The molecule has 112 valence electrons. The quantitative estimate of drug-likeness (QED) is 0.872. The fourth-order valence-corrected chi connectivity index (χ4v) is 2.57. The molecule has 2 N–H and O–H groups in total. The number of hydrogen-bond donors (Lipinski definition) is 2. The van der Waals surface area contributed by atoms with Crippen molar-refractivity contribution in [2.75, 3.05) is 24.5 Å². The molecule has 6 nitrogen and oxygen atoms in total. The maximum atomic E-state index is 11.6. The topological polar surface area (TPSA) is 61.7 Å². The normalized spacial score (nSPS) is 15.8. The van der Waals surface area contributed by atoms with Crippen molar-refractivity contribution < 1.29 is 4.79 Å². The molecule has 0 radical (unpaired) electrons. The van der Waals surface area contributed by atoms with E-state index in [4.69, 9.17) is 4.98 Å². The second kappa shape index (κ2) is 5.73. The molecule has 3 heterocycles. The average molecular weight is 287 g/mol. The Balaban J connectivity index is 1.99. The molecule has 0 unspecified atom stereocenters. The zero-order valence-corrected chi connectivity index (χ0v) is 12.5. The van der Waals surface area contributed by atoms with Gasteiger partial charge in [0, 0.05) is 31.9 Å². The van der Waals surface area contributed by atoms with E-state index in [0.717, 1.165) is 30.2 Å². The first-order valence-corrected chi connectivity index (χ1v) is 7.36. The number of rotatable bonds is 4. The molecule has 0 saturated carbocycles. The maximum absolute atomic E-state index is 11.6. The van der Waals surface area contributed by atoms with Crippen molar-refractivity contribution in [1.82, 2.24) is 20.0 Å². The Hall–Kier alpha value is -2.08. The highest BCUT2D eigenvalue weighted by Gasteiger charge is 2.23. The van der Waals surface area contributed by atoms with Crippen LogP contribution in [-0.2, 0) is 11.3 Å². The summed E-state index contributed by atoms with van der Waals surface area (Å²) in [5.41, 5.74) is 2.02. The van der Waals surface area contributed by atoms with Gasteiger partial charge in [0.1, 0.15) is 5.65 Å². The Morgan fingerprint density at radius 3 is 3.05 bits per heavy atom. The molecule has 2 aromatic rings. The highest BCUT2D eigenvalue weighted by molar-refractivity contribution is 5.82. The summed E-state index contributed by atoms with van der Waals surface area (Å²) in [5, 5.41) is 6.30. The van der Waals surface area contributed by atoms with Gasteiger partial charge < -0.3 is 19.9 Å². The van der Waals surface area contributed by atoms with Crippen molar-refractivity contribution >= 4 is 17.4 Å². The Morgan fingerprint density at radius 1 is 1.43 bits per heavy atom. The van der Waals surface area contributed by atoms with Gasteiger partial charge in [-0.1, -0.05) is 19.9 Å². The number of hydrogen-bond acceptors (Lipinski definition) is 4. The van der Waals surface area contributed by atoms with Crippen molar-refractivity contribution in [2.24, 2.45) is 0 Å². The Labute approximate surface area is 124 Å². The number of nitrogens with zero attached hydrogens (tertiary/aromatic N) is 3. The van der Waals surface area contributed by atoms with Gasteiger partial charge in [-0.15, -0.1) is 0 Å². The summed E-state index contributed by atoms with van der Waals surface area (Å²) in [6.45, 7) is 6.82. The van der Waals surface area contributed by atoms with Crippen LogP contribution < -0.4 is 15.5 Å². The van der Waals surface area contributed by atoms with Gasteiger partial charge in [-0.25, -0.2) is 4.98 Å². The SMILES string of the molecule is CC(C)NCc1c(N2CCNC(=O)C2)nc2ccccn12. The van der Waals surface area contributed by atoms with E-state index in [0.29, 0.717) is 19.1 Å². The Bertz CT molecular complexity index is 649. The van der Waals surface area contributed by atoms with E-state index in [1.165, 1.54) is 0 Å². The third kappa shape index (κ3) is 2.85. The number of fused-ring (bicyclic) bond motifs is 1. The van der Waals surface area contributed by atoms with E-state index in [1.54, 1.807) is 0 Å². The van der Waals surface area contributed by atoms with Gasteiger partial charge in [0.25, 0.3) is 0 Å². The Morgan fingerprint density at radius 2 is 2.29 bits per heavy atom. The molecule has 0 aromatic carbocycles. The number of amides is 1. The van der Waals surface area contributed by atoms with Crippen LogP contribution in [0.4, 0.5) is 5.82 Å². The summed E-state index contributed by atoms with van der Waals surface area (Å²) in [6, 6.07) is 6.37. The van der Waals surface area contributed by atoms with Crippen LogP contribution in [0.2, 0.25) is 0 Å². The van der Waals surface area contributed by atoms with E-state index < -0.39 is 0 Å². The second-order valence-corrected chi connectivity index (χ2v) is 5.62. The van der Waals surface area contributed by atoms with Gasteiger partial charge in [-0.05, 0) is 12.1 Å². The fourth-order valence-electron chi connectivity index (χ4n) is 2.57. The van der Waals surface area contributed by atoms with Crippen LogP contribution in [0, 0.1) is 0 Å². The summed E-state index contributed by atoms with van der Waals surface area (Å²) in [5.74, 6) is 0.963. The van der Waals surface area contributed by atoms with Gasteiger partial charge in [0.05, 0.1) is 12.2 Å². The molecule has 2 aromatic heterocycles.